The second-order valence-electron chi connectivity index (χ2n) is 5.45. The lowest BCUT2D eigenvalue weighted by Crippen LogP contribution is -2.07. The summed E-state index contributed by atoms with van der Waals surface area (Å²) in [5.41, 5.74) is 6.06. The number of carbonyl (C=O) groups is 1. The molecule has 20 heavy (non-hydrogen) atoms. The Morgan fingerprint density at radius 1 is 1.05 bits per heavy atom. The van der Waals surface area contributed by atoms with Crippen molar-refractivity contribution in [2.75, 3.05) is 0 Å². The van der Waals surface area contributed by atoms with E-state index in [1.54, 1.807) is 12.4 Å². The van der Waals surface area contributed by atoms with E-state index in [4.69, 9.17) is 0 Å². The summed E-state index contributed by atoms with van der Waals surface area (Å²) in [5.74, 6) is 0.303. The van der Waals surface area contributed by atoms with E-state index in [1.807, 2.05) is 12.1 Å². The van der Waals surface area contributed by atoms with Crippen LogP contribution >= 0.6 is 0 Å². The van der Waals surface area contributed by atoms with Crippen LogP contribution in [0.5, 0.6) is 0 Å². The molecule has 0 aliphatic rings. The molecule has 2 nitrogen and oxygen atoms in total. The maximum atomic E-state index is 12.2. The quantitative estimate of drug-likeness (QED) is 0.825. The minimum atomic E-state index is 0.303. The lowest BCUT2D eigenvalue weighted by Gasteiger charge is -2.10. The Hall–Kier alpha value is -1.96. The normalized spacial score (nSPS) is 10.6. The molecule has 0 bridgehead atoms. The molecule has 1 aromatic heterocycles. The van der Waals surface area contributed by atoms with E-state index >= 15 is 0 Å². The number of Topliss-reactive ketones (excluding diaryl/α,β-unsaturated/α-hetero) is 1. The first-order chi connectivity index (χ1) is 9.56. The van der Waals surface area contributed by atoms with Crippen molar-refractivity contribution in [3.63, 3.8) is 0 Å². The highest BCUT2D eigenvalue weighted by atomic mass is 16.1. The van der Waals surface area contributed by atoms with Gasteiger partial charge in [0.05, 0.1) is 0 Å². The number of carbonyl (C=O) groups excluding carboxylic acids is 1. The zero-order chi connectivity index (χ0) is 14.5. The van der Waals surface area contributed by atoms with Crippen LogP contribution in [0.25, 0.3) is 0 Å². The fourth-order valence-electron chi connectivity index (χ4n) is 2.61. The highest BCUT2D eigenvalue weighted by Gasteiger charge is 2.09. The Balaban J connectivity index is 1.98. The second kappa shape index (κ2) is 6.47. The number of hydrogen-bond donors (Lipinski definition) is 0. The first-order valence-corrected chi connectivity index (χ1v) is 7.03. The number of aryl methyl sites for hydroxylation is 4. The third kappa shape index (κ3) is 3.77. The largest absolute Gasteiger partial charge is 0.299 e. The van der Waals surface area contributed by atoms with Gasteiger partial charge in [-0.25, -0.2) is 0 Å². The van der Waals surface area contributed by atoms with Crippen molar-refractivity contribution < 1.29 is 4.79 Å². The van der Waals surface area contributed by atoms with Gasteiger partial charge in [-0.2, -0.15) is 0 Å². The maximum absolute atomic E-state index is 12.2. The molecule has 104 valence electrons. The smallest absolute Gasteiger partial charge is 0.137 e. The van der Waals surface area contributed by atoms with Gasteiger partial charge in [0.1, 0.15) is 5.78 Å². The third-order valence-corrected chi connectivity index (χ3v) is 3.66. The fraction of sp³-hybridized carbons (Fsp3) is 0.333. The van der Waals surface area contributed by atoms with Gasteiger partial charge >= 0.3 is 0 Å². The molecule has 1 heterocycles. The summed E-state index contributed by atoms with van der Waals surface area (Å²) in [7, 11) is 0. The summed E-state index contributed by atoms with van der Waals surface area (Å²) in [6, 6.07) is 8.24. The Morgan fingerprint density at radius 2 is 1.65 bits per heavy atom. The molecule has 0 saturated carbocycles. The molecule has 2 rings (SSSR count). The minimum Gasteiger partial charge on any atom is -0.299 e. The summed E-state index contributed by atoms with van der Waals surface area (Å²) < 4.78 is 0. The Bertz CT molecular complexity index is 579. The van der Waals surface area contributed by atoms with Crippen molar-refractivity contribution in [2.45, 2.75) is 40.0 Å². The van der Waals surface area contributed by atoms with Crippen LogP contribution in [0.15, 0.2) is 36.7 Å². The SMILES string of the molecule is Cc1cc(C)c(CC(=O)CCc2ccncc2)c(C)c1. The topological polar surface area (TPSA) is 30.0 Å². The van der Waals surface area contributed by atoms with E-state index < -0.39 is 0 Å². The second-order valence-corrected chi connectivity index (χ2v) is 5.45. The fourth-order valence-corrected chi connectivity index (χ4v) is 2.61. The first-order valence-electron chi connectivity index (χ1n) is 7.03. The van der Waals surface area contributed by atoms with Gasteiger partial charge in [-0.05, 0) is 61.6 Å². The van der Waals surface area contributed by atoms with E-state index in [0.29, 0.717) is 18.6 Å². The molecule has 0 radical (unpaired) electrons. The van der Waals surface area contributed by atoms with Crippen LogP contribution < -0.4 is 0 Å². The predicted octanol–water partition coefficient (Wildman–Crippen LogP) is 3.75. The lowest BCUT2D eigenvalue weighted by atomic mass is 9.94. The molecule has 0 unspecified atom stereocenters. The molecule has 0 N–H and O–H groups in total. The maximum Gasteiger partial charge on any atom is 0.137 e. The van der Waals surface area contributed by atoms with Crippen LogP contribution in [-0.2, 0) is 17.6 Å². The summed E-state index contributed by atoms with van der Waals surface area (Å²) in [5, 5.41) is 0. The van der Waals surface area contributed by atoms with Crippen LogP contribution in [-0.4, -0.2) is 10.8 Å². The molecule has 2 heteroatoms. The number of benzene rings is 1. The van der Waals surface area contributed by atoms with Gasteiger partial charge in [0, 0.05) is 25.2 Å². The van der Waals surface area contributed by atoms with E-state index in [0.717, 1.165) is 6.42 Å². The van der Waals surface area contributed by atoms with Gasteiger partial charge in [0.25, 0.3) is 0 Å². The van der Waals surface area contributed by atoms with E-state index in [-0.39, 0.29) is 0 Å². The third-order valence-electron chi connectivity index (χ3n) is 3.66. The lowest BCUT2D eigenvalue weighted by molar-refractivity contribution is -0.118. The van der Waals surface area contributed by atoms with E-state index in [2.05, 4.69) is 37.9 Å². The van der Waals surface area contributed by atoms with Crippen molar-refractivity contribution in [2.24, 2.45) is 0 Å². The van der Waals surface area contributed by atoms with Crippen molar-refractivity contribution >= 4 is 5.78 Å². The molecule has 0 aliphatic heterocycles. The highest BCUT2D eigenvalue weighted by molar-refractivity contribution is 5.81. The molecular formula is C18H21NO. The zero-order valence-corrected chi connectivity index (χ0v) is 12.4. The molecule has 1 aromatic carbocycles. The van der Waals surface area contributed by atoms with Gasteiger partial charge in [-0.3, -0.25) is 9.78 Å². The average molecular weight is 267 g/mol. The monoisotopic (exact) mass is 267 g/mol. The Labute approximate surface area is 120 Å². The van der Waals surface area contributed by atoms with Crippen molar-refractivity contribution in [3.05, 3.63) is 64.5 Å². The van der Waals surface area contributed by atoms with Gasteiger partial charge in [-0.15, -0.1) is 0 Å². The standard InChI is InChI=1S/C18H21NO/c1-13-10-14(2)18(15(3)11-13)12-17(20)5-4-16-6-8-19-9-7-16/h6-11H,4-5,12H2,1-3H3. The summed E-state index contributed by atoms with van der Waals surface area (Å²) >= 11 is 0. The van der Waals surface area contributed by atoms with E-state index in [9.17, 15) is 4.79 Å². The van der Waals surface area contributed by atoms with Crippen molar-refractivity contribution in [1.82, 2.24) is 4.98 Å². The predicted molar refractivity (Wildman–Crippen MR) is 81.9 cm³/mol. The van der Waals surface area contributed by atoms with Crippen molar-refractivity contribution in [1.29, 1.82) is 0 Å². The number of ketones is 1. The number of aromatic nitrogens is 1. The van der Waals surface area contributed by atoms with Crippen LogP contribution in [0.3, 0.4) is 0 Å². The number of pyridine rings is 1. The molecule has 0 atom stereocenters. The molecule has 0 amide bonds. The first kappa shape index (κ1) is 14.4. The zero-order valence-electron chi connectivity index (χ0n) is 12.4. The summed E-state index contributed by atoms with van der Waals surface area (Å²) in [6.45, 7) is 6.27. The molecule has 0 spiro atoms. The molecule has 0 saturated heterocycles. The molecule has 2 aromatic rings. The van der Waals surface area contributed by atoms with Gasteiger partial charge in [0.2, 0.25) is 0 Å². The Kier molecular flexibility index (Phi) is 4.67. The molecular weight excluding hydrogens is 246 g/mol. The van der Waals surface area contributed by atoms with Crippen LogP contribution in [0.2, 0.25) is 0 Å². The van der Waals surface area contributed by atoms with Crippen LogP contribution in [0.4, 0.5) is 0 Å². The molecule has 0 fully saturated rings. The highest BCUT2D eigenvalue weighted by Crippen LogP contribution is 2.18. The minimum absolute atomic E-state index is 0.303. The number of rotatable bonds is 5. The summed E-state index contributed by atoms with van der Waals surface area (Å²) in [6.07, 6.45) is 5.48. The van der Waals surface area contributed by atoms with E-state index in [1.165, 1.54) is 27.8 Å². The number of hydrogen-bond acceptors (Lipinski definition) is 2. The van der Waals surface area contributed by atoms with Gasteiger partial charge in [-0.1, -0.05) is 17.7 Å². The number of nitrogens with zero attached hydrogens (tertiary/aromatic N) is 1. The van der Waals surface area contributed by atoms with Gasteiger partial charge in [0.15, 0.2) is 0 Å². The average Bonchev–Trinajstić information content (AvgIpc) is 2.42. The van der Waals surface area contributed by atoms with Crippen molar-refractivity contribution in [3.8, 4) is 0 Å². The Morgan fingerprint density at radius 3 is 2.25 bits per heavy atom. The van der Waals surface area contributed by atoms with Crippen LogP contribution in [0.1, 0.15) is 34.2 Å². The molecule has 0 aliphatic carbocycles. The van der Waals surface area contributed by atoms with Gasteiger partial charge < -0.3 is 0 Å². The summed E-state index contributed by atoms with van der Waals surface area (Å²) in [4.78, 5) is 16.1. The van der Waals surface area contributed by atoms with Crippen LogP contribution in [0, 0.1) is 20.8 Å².